The van der Waals surface area contributed by atoms with E-state index in [9.17, 15) is 9.18 Å². The van der Waals surface area contributed by atoms with Gasteiger partial charge in [0.2, 0.25) is 0 Å². The van der Waals surface area contributed by atoms with E-state index in [1.807, 2.05) is 49.1 Å². The van der Waals surface area contributed by atoms with Crippen molar-refractivity contribution in [2.24, 2.45) is 0 Å². The summed E-state index contributed by atoms with van der Waals surface area (Å²) in [5.74, 6) is 1.48. The van der Waals surface area contributed by atoms with E-state index in [2.05, 4.69) is 16.8 Å². The van der Waals surface area contributed by atoms with Crippen LogP contribution in [0.5, 0.6) is 0 Å². The Hall–Kier alpha value is -3.28. The predicted octanol–water partition coefficient (Wildman–Crippen LogP) is 4.35. The van der Waals surface area contributed by atoms with Gasteiger partial charge in [0.15, 0.2) is 0 Å². The van der Waals surface area contributed by atoms with Gasteiger partial charge in [-0.1, -0.05) is 37.3 Å². The van der Waals surface area contributed by atoms with E-state index in [0.29, 0.717) is 32.6 Å². The van der Waals surface area contributed by atoms with Crippen LogP contribution in [-0.2, 0) is 12.8 Å². The van der Waals surface area contributed by atoms with Crippen LogP contribution in [0.3, 0.4) is 0 Å². The first-order valence-electron chi connectivity index (χ1n) is 11.2. The third kappa shape index (κ3) is 4.64. The first kappa shape index (κ1) is 21.9. The second-order valence-corrected chi connectivity index (χ2v) is 8.27. The molecule has 1 aromatic heterocycles. The van der Waals surface area contributed by atoms with Gasteiger partial charge in [0.25, 0.3) is 5.91 Å². The maximum atomic E-state index is 13.8. The van der Waals surface area contributed by atoms with Gasteiger partial charge >= 0.3 is 0 Å². The Bertz CT molecular complexity index is 1120. The highest BCUT2D eigenvalue weighted by atomic mass is 19.1. The minimum atomic E-state index is -0.238. The number of amides is 1. The minimum Gasteiger partial charge on any atom is -0.353 e. The van der Waals surface area contributed by atoms with Crippen LogP contribution >= 0.6 is 0 Å². The summed E-state index contributed by atoms with van der Waals surface area (Å²) in [6.07, 6.45) is 1.37. The highest BCUT2D eigenvalue weighted by molar-refractivity contribution is 5.95. The van der Waals surface area contributed by atoms with Crippen molar-refractivity contribution in [2.75, 3.05) is 31.1 Å². The number of aromatic nitrogens is 2. The third-order valence-electron chi connectivity index (χ3n) is 6.03. The smallest absolute Gasteiger partial charge is 0.254 e. The Morgan fingerprint density at radius 2 is 1.75 bits per heavy atom. The molecule has 3 aromatic rings. The van der Waals surface area contributed by atoms with Gasteiger partial charge in [-0.3, -0.25) is 4.79 Å². The quantitative estimate of drug-likeness (QED) is 0.602. The van der Waals surface area contributed by atoms with Crippen molar-refractivity contribution < 1.29 is 9.18 Å². The van der Waals surface area contributed by atoms with Crippen LogP contribution in [-0.4, -0.2) is 47.0 Å². The molecule has 0 radical (unpaired) electrons. The van der Waals surface area contributed by atoms with Crippen LogP contribution in [0.1, 0.15) is 45.5 Å². The zero-order valence-electron chi connectivity index (χ0n) is 18.9. The van der Waals surface area contributed by atoms with Crippen LogP contribution < -0.4 is 4.90 Å². The van der Waals surface area contributed by atoms with Crippen LogP contribution in [0, 0.1) is 19.7 Å². The van der Waals surface area contributed by atoms with Gasteiger partial charge < -0.3 is 9.80 Å². The van der Waals surface area contributed by atoms with E-state index in [1.165, 1.54) is 6.07 Å². The van der Waals surface area contributed by atoms with Crippen LogP contribution in [0.15, 0.2) is 48.5 Å². The predicted molar refractivity (Wildman–Crippen MR) is 125 cm³/mol. The van der Waals surface area contributed by atoms with Crippen LogP contribution in [0.4, 0.5) is 10.2 Å². The van der Waals surface area contributed by atoms with Gasteiger partial charge in [-0.2, -0.15) is 0 Å². The van der Waals surface area contributed by atoms with E-state index in [0.717, 1.165) is 46.0 Å². The molecule has 32 heavy (non-hydrogen) atoms. The fourth-order valence-electron chi connectivity index (χ4n) is 4.33. The fraction of sp³-hybridized carbons (Fsp3) is 0.346. The molecule has 1 aliphatic heterocycles. The lowest BCUT2D eigenvalue weighted by Gasteiger charge is -2.37. The number of aryl methyl sites for hydroxylation is 3. The maximum Gasteiger partial charge on any atom is 0.254 e. The number of benzene rings is 2. The molecule has 166 valence electrons. The monoisotopic (exact) mass is 432 g/mol. The Morgan fingerprint density at radius 3 is 2.44 bits per heavy atom. The highest BCUT2D eigenvalue weighted by Gasteiger charge is 2.26. The van der Waals surface area contributed by atoms with Gasteiger partial charge in [0.1, 0.15) is 17.5 Å². The van der Waals surface area contributed by atoms with Gasteiger partial charge in [-0.25, -0.2) is 14.4 Å². The number of hydrogen-bond acceptors (Lipinski definition) is 4. The largest absolute Gasteiger partial charge is 0.353 e. The Balaban J connectivity index is 1.57. The van der Waals surface area contributed by atoms with Gasteiger partial charge in [0.05, 0.1) is 0 Å². The molecule has 0 unspecified atom stereocenters. The topological polar surface area (TPSA) is 49.3 Å². The molecule has 4 rings (SSSR count). The lowest BCUT2D eigenvalue weighted by Crippen LogP contribution is -2.49. The highest BCUT2D eigenvalue weighted by Crippen LogP contribution is 2.26. The molecule has 0 N–H and O–H groups in total. The summed E-state index contributed by atoms with van der Waals surface area (Å²) < 4.78 is 13.8. The van der Waals surface area contributed by atoms with E-state index in [1.54, 1.807) is 12.1 Å². The van der Waals surface area contributed by atoms with E-state index in [-0.39, 0.29) is 11.7 Å². The average Bonchev–Trinajstić information content (AvgIpc) is 2.80. The van der Waals surface area contributed by atoms with Crippen molar-refractivity contribution in [1.82, 2.24) is 14.9 Å². The van der Waals surface area contributed by atoms with Crippen LogP contribution in [0.25, 0.3) is 0 Å². The molecule has 1 saturated heterocycles. The number of carbonyl (C=O) groups excluding carboxylic acids is 1. The zero-order chi connectivity index (χ0) is 22.7. The van der Waals surface area contributed by atoms with Gasteiger partial charge in [-0.15, -0.1) is 0 Å². The molecular weight excluding hydrogens is 403 g/mol. The zero-order valence-corrected chi connectivity index (χ0v) is 18.9. The lowest BCUT2D eigenvalue weighted by atomic mass is 10.0. The standard InChI is InChI=1S/C26H29FN4O/c1-4-24-23(17-20-9-7-10-21(27)16-20)25(29-19(3)28-24)30-12-14-31(15-13-30)26(32)22-11-6-5-8-18(22)2/h5-11,16H,4,12-15,17H2,1-3H3. The van der Waals surface area contributed by atoms with E-state index < -0.39 is 0 Å². The number of rotatable bonds is 5. The Labute approximate surface area is 188 Å². The van der Waals surface area contributed by atoms with Crippen molar-refractivity contribution in [3.8, 4) is 0 Å². The molecule has 2 heterocycles. The molecule has 5 nitrogen and oxygen atoms in total. The first-order chi connectivity index (χ1) is 15.5. The number of halogens is 1. The Kier molecular flexibility index (Phi) is 6.49. The molecule has 0 aliphatic carbocycles. The maximum absolute atomic E-state index is 13.8. The van der Waals surface area contributed by atoms with E-state index >= 15 is 0 Å². The van der Waals surface area contributed by atoms with Crippen molar-refractivity contribution in [3.05, 3.63) is 88.1 Å². The van der Waals surface area contributed by atoms with Crippen LogP contribution in [0.2, 0.25) is 0 Å². The summed E-state index contributed by atoms with van der Waals surface area (Å²) in [5, 5.41) is 0. The van der Waals surface area contributed by atoms with E-state index in [4.69, 9.17) is 4.98 Å². The molecule has 1 amide bonds. The first-order valence-corrected chi connectivity index (χ1v) is 11.2. The van der Waals surface area contributed by atoms with Gasteiger partial charge in [-0.05, 0) is 49.6 Å². The number of anilines is 1. The molecule has 1 aliphatic rings. The van der Waals surface area contributed by atoms with Gasteiger partial charge in [0, 0.05) is 49.4 Å². The molecule has 2 aromatic carbocycles. The Morgan fingerprint density at radius 1 is 1.00 bits per heavy atom. The lowest BCUT2D eigenvalue weighted by molar-refractivity contribution is 0.0745. The molecule has 0 saturated carbocycles. The van der Waals surface area contributed by atoms with Crippen molar-refractivity contribution in [3.63, 3.8) is 0 Å². The summed E-state index contributed by atoms with van der Waals surface area (Å²) in [6, 6.07) is 14.4. The van der Waals surface area contributed by atoms with Crippen molar-refractivity contribution >= 4 is 11.7 Å². The average molecular weight is 433 g/mol. The second kappa shape index (κ2) is 9.47. The molecule has 0 atom stereocenters. The summed E-state index contributed by atoms with van der Waals surface area (Å²) in [4.78, 5) is 26.6. The summed E-state index contributed by atoms with van der Waals surface area (Å²) in [7, 11) is 0. The minimum absolute atomic E-state index is 0.0795. The molecule has 0 spiro atoms. The van der Waals surface area contributed by atoms with Crippen molar-refractivity contribution in [2.45, 2.75) is 33.6 Å². The molecule has 0 bridgehead atoms. The molecular formula is C26H29FN4O. The third-order valence-corrected chi connectivity index (χ3v) is 6.03. The molecule has 6 heteroatoms. The second-order valence-electron chi connectivity index (χ2n) is 8.27. The fourth-order valence-corrected chi connectivity index (χ4v) is 4.33. The number of piperazine rings is 1. The summed E-state index contributed by atoms with van der Waals surface area (Å²) >= 11 is 0. The number of nitrogens with zero attached hydrogens (tertiary/aromatic N) is 4. The number of carbonyl (C=O) groups is 1. The number of hydrogen-bond donors (Lipinski definition) is 0. The van der Waals surface area contributed by atoms with Crippen molar-refractivity contribution in [1.29, 1.82) is 0 Å². The normalized spacial score (nSPS) is 14.0. The molecule has 1 fully saturated rings. The summed E-state index contributed by atoms with van der Waals surface area (Å²) in [5.41, 5.74) is 4.70. The summed E-state index contributed by atoms with van der Waals surface area (Å²) in [6.45, 7) is 8.64. The SMILES string of the molecule is CCc1nc(C)nc(N2CCN(C(=O)c3ccccc3C)CC2)c1Cc1cccc(F)c1.